The number of aromatic nitrogens is 1. The van der Waals surface area contributed by atoms with E-state index in [9.17, 15) is 18.0 Å². The van der Waals surface area contributed by atoms with Crippen LogP contribution in [0.25, 0.3) is 10.9 Å². The van der Waals surface area contributed by atoms with Crippen LogP contribution in [0, 0.1) is 5.92 Å². The number of quaternary nitrogens is 1. The number of sulfonamides is 1. The van der Waals surface area contributed by atoms with Crippen LogP contribution in [-0.4, -0.2) is 62.9 Å². The molecule has 1 saturated heterocycles. The predicted molar refractivity (Wildman–Crippen MR) is 126 cm³/mol. The third-order valence-corrected chi connectivity index (χ3v) is 8.15. The van der Waals surface area contributed by atoms with Crippen molar-refractivity contribution in [3.63, 3.8) is 0 Å². The van der Waals surface area contributed by atoms with Gasteiger partial charge in [0, 0.05) is 42.5 Å². The normalized spacial score (nSPS) is 16.4. The molecule has 2 heterocycles. The van der Waals surface area contributed by atoms with Gasteiger partial charge < -0.3 is 15.2 Å². The molecule has 1 aromatic carbocycles. The van der Waals surface area contributed by atoms with Gasteiger partial charge in [-0.15, -0.1) is 0 Å². The topological polar surface area (TPSA) is 104 Å². The second kappa shape index (κ2) is 10.6. The monoisotopic (exact) mass is 463 g/mol. The first-order chi connectivity index (χ1) is 15.3. The Kier molecular flexibility index (Phi) is 8.08. The molecule has 1 amide bonds. The molecule has 1 aromatic heterocycles. The number of benzene rings is 1. The molecular formula is C23H35N4O4S+. The first kappa shape index (κ1) is 24.4. The smallest absolute Gasteiger partial charge is 0.252 e. The van der Waals surface area contributed by atoms with Gasteiger partial charge in [0.05, 0.1) is 30.1 Å². The molecule has 1 atom stereocenters. The van der Waals surface area contributed by atoms with Crippen LogP contribution in [-0.2, 0) is 10.0 Å². The summed E-state index contributed by atoms with van der Waals surface area (Å²) in [5.74, 6) is -0.0906. The van der Waals surface area contributed by atoms with Gasteiger partial charge in [0.25, 0.3) is 5.91 Å². The summed E-state index contributed by atoms with van der Waals surface area (Å²) in [6.07, 6.45) is 2.73. The van der Waals surface area contributed by atoms with Crippen molar-refractivity contribution in [3.8, 4) is 0 Å². The minimum Gasteiger partial charge on any atom is -0.352 e. The van der Waals surface area contributed by atoms with Crippen LogP contribution >= 0.6 is 0 Å². The van der Waals surface area contributed by atoms with Crippen molar-refractivity contribution in [2.24, 2.45) is 5.92 Å². The van der Waals surface area contributed by atoms with E-state index < -0.39 is 15.6 Å². The van der Waals surface area contributed by atoms with Crippen LogP contribution in [0.4, 0.5) is 0 Å². The molecule has 0 spiro atoms. The third kappa shape index (κ3) is 5.57. The highest BCUT2D eigenvalue weighted by molar-refractivity contribution is 7.89. The number of aromatic amines is 1. The van der Waals surface area contributed by atoms with E-state index in [1.807, 2.05) is 0 Å². The summed E-state index contributed by atoms with van der Waals surface area (Å²) in [5, 5.41) is 3.36. The number of carbonyl (C=O) groups is 1. The Labute approximate surface area is 190 Å². The molecule has 0 bridgehead atoms. The zero-order valence-corrected chi connectivity index (χ0v) is 20.1. The van der Waals surface area contributed by atoms with Gasteiger partial charge in [-0.05, 0) is 44.9 Å². The number of amides is 1. The molecule has 176 valence electrons. The minimum atomic E-state index is -3.64. The maximum Gasteiger partial charge on any atom is 0.252 e. The van der Waals surface area contributed by atoms with Gasteiger partial charge in [0.1, 0.15) is 0 Å². The number of pyridine rings is 1. The molecular weight excluding hydrogens is 428 g/mol. The summed E-state index contributed by atoms with van der Waals surface area (Å²) >= 11 is 0. The fourth-order valence-electron chi connectivity index (χ4n) is 4.30. The highest BCUT2D eigenvalue weighted by atomic mass is 32.2. The van der Waals surface area contributed by atoms with Crippen molar-refractivity contribution in [1.29, 1.82) is 0 Å². The number of H-pyrrole nitrogens is 1. The summed E-state index contributed by atoms with van der Waals surface area (Å²) in [4.78, 5) is 29.4. The molecule has 3 rings (SSSR count). The lowest BCUT2D eigenvalue weighted by molar-refractivity contribution is -0.899. The van der Waals surface area contributed by atoms with Crippen molar-refractivity contribution in [2.45, 2.75) is 44.9 Å². The second-order valence-electron chi connectivity index (χ2n) is 8.70. The molecule has 32 heavy (non-hydrogen) atoms. The number of fused-ring (bicyclic) bond motifs is 1. The lowest BCUT2D eigenvalue weighted by atomic mass is 10.1. The zero-order valence-electron chi connectivity index (χ0n) is 19.2. The number of nitrogens with zero attached hydrogens (tertiary/aromatic N) is 1. The van der Waals surface area contributed by atoms with E-state index in [2.05, 4.69) is 31.1 Å². The summed E-state index contributed by atoms with van der Waals surface area (Å²) in [6.45, 7) is 10.9. The SMILES string of the molecule is CC[NH+](CC)CC(C)CNC(=O)c1cc(=O)[nH]c2ccc(S(=O)(=O)N3CCCCC3)cc12. The maximum absolute atomic E-state index is 13.1. The fourth-order valence-corrected chi connectivity index (χ4v) is 5.85. The van der Waals surface area contributed by atoms with Crippen LogP contribution in [0.3, 0.4) is 0 Å². The number of hydrogen-bond donors (Lipinski definition) is 3. The largest absolute Gasteiger partial charge is 0.352 e. The van der Waals surface area contributed by atoms with Gasteiger partial charge in [0.2, 0.25) is 15.6 Å². The highest BCUT2D eigenvalue weighted by Crippen LogP contribution is 2.25. The van der Waals surface area contributed by atoms with Crippen LogP contribution < -0.4 is 15.8 Å². The van der Waals surface area contributed by atoms with Crippen molar-refractivity contribution >= 4 is 26.8 Å². The van der Waals surface area contributed by atoms with E-state index in [1.54, 1.807) is 6.07 Å². The van der Waals surface area contributed by atoms with Crippen LogP contribution in [0.15, 0.2) is 34.0 Å². The van der Waals surface area contributed by atoms with E-state index in [0.29, 0.717) is 30.5 Å². The Morgan fingerprint density at radius 1 is 1.16 bits per heavy atom. The van der Waals surface area contributed by atoms with Gasteiger partial charge in [0.15, 0.2) is 0 Å². The number of nitrogens with one attached hydrogen (secondary N) is 3. The Morgan fingerprint density at radius 2 is 1.84 bits per heavy atom. The molecule has 1 aliphatic rings. The lowest BCUT2D eigenvalue weighted by Crippen LogP contribution is -3.12. The number of hydrogen-bond acceptors (Lipinski definition) is 4. The van der Waals surface area contributed by atoms with Crippen LogP contribution in [0.5, 0.6) is 0 Å². The van der Waals surface area contributed by atoms with Crippen molar-refractivity contribution < 1.29 is 18.1 Å². The maximum atomic E-state index is 13.1. The van der Waals surface area contributed by atoms with E-state index in [0.717, 1.165) is 38.9 Å². The summed E-state index contributed by atoms with van der Waals surface area (Å²) in [5.41, 5.74) is 0.248. The standard InChI is InChI=1S/C23H34N4O4S/c1-4-26(5-2)16-17(3)15-24-23(29)20-14-22(28)25-21-10-9-18(13-19(20)21)32(30,31)27-11-7-6-8-12-27/h9-10,13-14,17H,4-8,11-12,15-16H2,1-3H3,(H,24,29)(H,25,28)/p+1. The second-order valence-corrected chi connectivity index (χ2v) is 10.6. The average molecular weight is 464 g/mol. The van der Waals surface area contributed by atoms with Gasteiger partial charge in [-0.3, -0.25) is 9.59 Å². The zero-order chi connectivity index (χ0) is 23.3. The third-order valence-electron chi connectivity index (χ3n) is 6.26. The Bertz CT molecular complexity index is 1100. The van der Waals surface area contributed by atoms with Crippen molar-refractivity contribution in [3.05, 3.63) is 40.2 Å². The van der Waals surface area contributed by atoms with E-state index in [-0.39, 0.29) is 22.3 Å². The minimum absolute atomic E-state index is 0.145. The lowest BCUT2D eigenvalue weighted by Gasteiger charge is -2.26. The van der Waals surface area contributed by atoms with Gasteiger partial charge in [-0.1, -0.05) is 13.3 Å². The average Bonchev–Trinajstić information content (AvgIpc) is 2.80. The molecule has 1 fully saturated rings. The Hall–Kier alpha value is -2.23. The molecule has 0 aliphatic carbocycles. The van der Waals surface area contributed by atoms with Crippen LogP contribution in [0.2, 0.25) is 0 Å². The molecule has 0 saturated carbocycles. The first-order valence-electron chi connectivity index (χ1n) is 11.5. The number of piperidine rings is 1. The summed E-state index contributed by atoms with van der Waals surface area (Å²) in [7, 11) is -3.64. The molecule has 2 aromatic rings. The van der Waals surface area contributed by atoms with Crippen molar-refractivity contribution in [1.82, 2.24) is 14.6 Å². The van der Waals surface area contributed by atoms with Crippen LogP contribution in [0.1, 0.15) is 50.4 Å². The quantitative estimate of drug-likeness (QED) is 0.516. The highest BCUT2D eigenvalue weighted by Gasteiger charge is 2.26. The van der Waals surface area contributed by atoms with Crippen molar-refractivity contribution in [2.75, 3.05) is 39.3 Å². The van der Waals surface area contributed by atoms with E-state index in [4.69, 9.17) is 0 Å². The molecule has 3 N–H and O–H groups in total. The molecule has 1 unspecified atom stereocenters. The Balaban J connectivity index is 1.87. The van der Waals surface area contributed by atoms with E-state index in [1.165, 1.54) is 27.4 Å². The molecule has 1 aliphatic heterocycles. The summed E-state index contributed by atoms with van der Waals surface area (Å²) in [6, 6.07) is 5.82. The number of rotatable bonds is 9. The first-order valence-corrected chi connectivity index (χ1v) is 13.0. The van der Waals surface area contributed by atoms with Gasteiger partial charge in [-0.25, -0.2) is 8.42 Å². The summed E-state index contributed by atoms with van der Waals surface area (Å²) < 4.78 is 27.7. The molecule has 8 nitrogen and oxygen atoms in total. The van der Waals surface area contributed by atoms with E-state index >= 15 is 0 Å². The Morgan fingerprint density at radius 3 is 2.50 bits per heavy atom. The number of carbonyl (C=O) groups excluding carboxylic acids is 1. The fraction of sp³-hybridized carbons (Fsp3) is 0.565. The van der Waals surface area contributed by atoms with Gasteiger partial charge >= 0.3 is 0 Å². The predicted octanol–water partition coefficient (Wildman–Crippen LogP) is 0.993. The molecule has 0 radical (unpaired) electrons. The van der Waals surface area contributed by atoms with Gasteiger partial charge in [-0.2, -0.15) is 4.31 Å². The molecule has 9 heteroatoms.